The van der Waals surface area contributed by atoms with Gasteiger partial charge in [0.05, 0.1) is 17.1 Å². The number of anilines is 1. The fraction of sp³-hybridized carbons (Fsp3) is 0.333. The zero-order valence-corrected chi connectivity index (χ0v) is 17.0. The van der Waals surface area contributed by atoms with E-state index in [0.29, 0.717) is 5.71 Å². The molecule has 4 rings (SSSR count). The maximum absolute atomic E-state index is 7.85. The molecule has 4 N–H and O–H groups in total. The van der Waals surface area contributed by atoms with Gasteiger partial charge in [0.25, 0.3) is 0 Å². The van der Waals surface area contributed by atoms with Crippen LogP contribution in [0, 0.1) is 11.3 Å². The summed E-state index contributed by atoms with van der Waals surface area (Å²) in [5.74, 6) is 0.263. The molecule has 150 valence electrons. The van der Waals surface area contributed by atoms with Gasteiger partial charge in [-0.25, -0.2) is 5.43 Å². The Balaban J connectivity index is 1.89. The first-order chi connectivity index (χ1) is 14.2. The summed E-state index contributed by atoms with van der Waals surface area (Å²) in [6, 6.07) is 8.06. The second-order valence-electron chi connectivity index (χ2n) is 7.71. The first-order valence-corrected chi connectivity index (χ1v) is 10.5. The minimum Gasteiger partial charge on any atom is -0.399 e. The number of allylic oxidation sites excluding steroid dienone is 7. The first kappa shape index (κ1) is 19.4. The van der Waals surface area contributed by atoms with Gasteiger partial charge in [-0.1, -0.05) is 50.1 Å². The van der Waals surface area contributed by atoms with Gasteiger partial charge in [-0.05, 0) is 54.7 Å². The molecule has 5 heteroatoms. The first-order valence-electron chi connectivity index (χ1n) is 10.5. The highest BCUT2D eigenvalue weighted by atomic mass is 15.7. The third kappa shape index (κ3) is 4.10. The summed E-state index contributed by atoms with van der Waals surface area (Å²) in [5.41, 5.74) is 16.4. The van der Waals surface area contributed by atoms with Crippen molar-refractivity contribution in [1.29, 1.82) is 5.41 Å². The average molecular weight is 388 g/mol. The van der Waals surface area contributed by atoms with Crippen LogP contribution in [-0.2, 0) is 0 Å². The molecule has 1 atom stereocenters. The number of nitrogens with two attached hydrogens (primary N) is 1. The highest BCUT2D eigenvalue weighted by molar-refractivity contribution is 6.06. The molecule has 0 aromatic heterocycles. The molecule has 0 fully saturated rings. The minimum atomic E-state index is 0.263. The number of nitrogen functional groups attached to an aromatic ring is 1. The van der Waals surface area contributed by atoms with E-state index in [1.165, 1.54) is 24.8 Å². The van der Waals surface area contributed by atoms with Crippen LogP contribution in [-0.4, -0.2) is 23.1 Å². The number of nitrogens with zero attached hydrogens (tertiary/aromatic N) is 2. The Morgan fingerprint density at radius 3 is 2.59 bits per heavy atom. The normalized spacial score (nSPS) is 23.8. The van der Waals surface area contributed by atoms with Gasteiger partial charge < -0.3 is 11.1 Å². The standard InChI is InChI=1S/C24H29N5/c1-2-27-29-24(18-11-15-20(26)16-12-18)22-8-6-4-3-5-7-21(22)23(28-29)17-9-13-19(25)14-10-17/h8-16,21,26-27H,2-7,25H2,1H3/b22-8+,24-18?,26-20?. The number of rotatable bonds is 3. The molecule has 1 unspecified atom stereocenters. The SMILES string of the molecule is CCNN1N=C(c2ccc(N)cc2)C2CCCCC/C=C\2C1=C1C=CC(=N)C=C1. The van der Waals surface area contributed by atoms with Crippen LogP contribution in [0.3, 0.4) is 0 Å². The van der Waals surface area contributed by atoms with Crippen LogP contribution in [0.4, 0.5) is 5.69 Å². The molecule has 0 spiro atoms. The van der Waals surface area contributed by atoms with Crippen LogP contribution in [0.25, 0.3) is 0 Å². The lowest BCUT2D eigenvalue weighted by molar-refractivity contribution is 0.253. The number of benzene rings is 1. The predicted octanol–water partition coefficient (Wildman–Crippen LogP) is 4.72. The van der Waals surface area contributed by atoms with Crippen LogP contribution in [0.5, 0.6) is 0 Å². The quantitative estimate of drug-likeness (QED) is 0.657. The Labute approximate surface area is 172 Å². The van der Waals surface area contributed by atoms with Crippen molar-refractivity contribution in [3.63, 3.8) is 0 Å². The van der Waals surface area contributed by atoms with E-state index < -0.39 is 0 Å². The van der Waals surface area contributed by atoms with Gasteiger partial charge in [0.1, 0.15) is 0 Å². The monoisotopic (exact) mass is 387 g/mol. The fourth-order valence-electron chi connectivity index (χ4n) is 4.21. The lowest BCUT2D eigenvalue weighted by Crippen LogP contribution is -2.41. The van der Waals surface area contributed by atoms with Crippen molar-refractivity contribution in [2.75, 3.05) is 12.3 Å². The summed E-state index contributed by atoms with van der Waals surface area (Å²) in [4.78, 5) is 0. The van der Waals surface area contributed by atoms with E-state index in [4.69, 9.17) is 16.2 Å². The molecule has 1 aliphatic heterocycles. The molecule has 5 nitrogen and oxygen atoms in total. The summed E-state index contributed by atoms with van der Waals surface area (Å²) in [7, 11) is 0. The van der Waals surface area contributed by atoms with Gasteiger partial charge >= 0.3 is 0 Å². The van der Waals surface area contributed by atoms with Gasteiger partial charge in [0.2, 0.25) is 0 Å². The highest BCUT2D eigenvalue weighted by Crippen LogP contribution is 2.39. The number of hydrogen-bond acceptors (Lipinski definition) is 5. The molecular weight excluding hydrogens is 358 g/mol. The summed E-state index contributed by atoms with van der Waals surface area (Å²) in [5, 5.41) is 14.9. The van der Waals surface area contributed by atoms with E-state index in [-0.39, 0.29) is 5.92 Å². The zero-order chi connectivity index (χ0) is 20.2. The largest absolute Gasteiger partial charge is 0.399 e. The molecule has 0 saturated carbocycles. The van der Waals surface area contributed by atoms with Crippen molar-refractivity contribution in [2.45, 2.75) is 39.0 Å². The number of hydrazine groups is 1. The Morgan fingerprint density at radius 1 is 1.10 bits per heavy atom. The lowest BCUT2D eigenvalue weighted by Gasteiger charge is -2.37. The number of fused-ring (bicyclic) bond motifs is 1. The van der Waals surface area contributed by atoms with Gasteiger partial charge in [0.15, 0.2) is 0 Å². The fourth-order valence-corrected chi connectivity index (χ4v) is 4.21. The van der Waals surface area contributed by atoms with Crippen molar-refractivity contribution in [3.8, 4) is 0 Å². The smallest absolute Gasteiger partial charge is 0.0886 e. The molecule has 29 heavy (non-hydrogen) atoms. The summed E-state index contributed by atoms with van der Waals surface area (Å²) in [6.45, 7) is 2.86. The van der Waals surface area contributed by atoms with E-state index in [1.807, 2.05) is 41.6 Å². The van der Waals surface area contributed by atoms with Gasteiger partial charge in [0, 0.05) is 23.7 Å². The van der Waals surface area contributed by atoms with E-state index >= 15 is 0 Å². The van der Waals surface area contributed by atoms with Crippen molar-refractivity contribution >= 4 is 17.1 Å². The van der Waals surface area contributed by atoms with E-state index in [2.05, 4.69) is 30.6 Å². The second kappa shape index (κ2) is 8.62. The summed E-state index contributed by atoms with van der Waals surface area (Å²) < 4.78 is 0. The second-order valence-corrected chi connectivity index (χ2v) is 7.71. The van der Waals surface area contributed by atoms with Gasteiger partial charge in [-0.15, -0.1) is 0 Å². The van der Waals surface area contributed by atoms with Crippen LogP contribution < -0.4 is 11.2 Å². The molecule has 0 amide bonds. The number of nitrogens with one attached hydrogen (secondary N) is 2. The van der Waals surface area contributed by atoms with Crippen LogP contribution >= 0.6 is 0 Å². The Hall–Kier alpha value is -2.92. The highest BCUT2D eigenvalue weighted by Gasteiger charge is 2.34. The number of hydrogen-bond donors (Lipinski definition) is 3. The Bertz CT molecular complexity index is 913. The number of hydrazone groups is 1. The van der Waals surface area contributed by atoms with Gasteiger partial charge in [-0.2, -0.15) is 10.2 Å². The molecule has 0 radical (unpaired) electrons. The Morgan fingerprint density at radius 2 is 1.86 bits per heavy atom. The van der Waals surface area contributed by atoms with Crippen molar-refractivity contribution in [3.05, 3.63) is 77.1 Å². The molecule has 0 bridgehead atoms. The van der Waals surface area contributed by atoms with Crippen LogP contribution in [0.2, 0.25) is 0 Å². The predicted molar refractivity (Wildman–Crippen MR) is 121 cm³/mol. The molecule has 3 aliphatic rings. The van der Waals surface area contributed by atoms with E-state index in [1.54, 1.807) is 0 Å². The molecule has 1 aromatic carbocycles. The van der Waals surface area contributed by atoms with Crippen molar-refractivity contribution in [2.24, 2.45) is 11.0 Å². The topological polar surface area (TPSA) is 77.5 Å². The molecule has 1 aromatic rings. The molecule has 0 saturated heterocycles. The molecular formula is C24H29N5. The van der Waals surface area contributed by atoms with E-state index in [0.717, 1.165) is 47.6 Å². The third-order valence-corrected chi connectivity index (χ3v) is 5.63. The summed E-state index contributed by atoms with van der Waals surface area (Å²) >= 11 is 0. The van der Waals surface area contributed by atoms with Crippen LogP contribution in [0.15, 0.2) is 76.6 Å². The average Bonchev–Trinajstić information content (AvgIpc) is 2.70. The molecule has 2 aliphatic carbocycles. The van der Waals surface area contributed by atoms with Gasteiger partial charge in [-0.3, -0.25) is 0 Å². The third-order valence-electron chi connectivity index (χ3n) is 5.63. The van der Waals surface area contributed by atoms with Crippen molar-refractivity contribution < 1.29 is 0 Å². The maximum atomic E-state index is 7.85. The zero-order valence-electron chi connectivity index (χ0n) is 17.0. The van der Waals surface area contributed by atoms with E-state index in [9.17, 15) is 0 Å². The van der Waals surface area contributed by atoms with Crippen molar-refractivity contribution in [1.82, 2.24) is 10.5 Å². The Kier molecular flexibility index (Phi) is 5.76. The lowest BCUT2D eigenvalue weighted by atomic mass is 9.79. The maximum Gasteiger partial charge on any atom is 0.0886 e. The van der Waals surface area contributed by atoms with Crippen LogP contribution in [0.1, 0.15) is 44.6 Å². The summed E-state index contributed by atoms with van der Waals surface area (Å²) in [6.07, 6.45) is 16.0. The molecule has 1 heterocycles. The minimum absolute atomic E-state index is 0.263.